The molecule has 18 heavy (non-hydrogen) atoms. The van der Waals surface area contributed by atoms with Gasteiger partial charge in [0.15, 0.2) is 6.29 Å². The minimum Gasteiger partial charge on any atom is -0.298 e. The molecule has 0 N–H and O–H groups in total. The molecular formula is C14H8F3O. The maximum atomic E-state index is 12.6. The first kappa shape index (κ1) is 12.4. The van der Waals surface area contributed by atoms with E-state index in [4.69, 9.17) is 0 Å². The molecule has 0 unspecified atom stereocenters. The van der Waals surface area contributed by atoms with Crippen molar-refractivity contribution in [1.29, 1.82) is 0 Å². The van der Waals surface area contributed by atoms with E-state index in [2.05, 4.69) is 6.07 Å². The van der Waals surface area contributed by atoms with E-state index in [0.29, 0.717) is 23.0 Å². The number of hydrogen-bond donors (Lipinski definition) is 0. The molecule has 0 aromatic heterocycles. The van der Waals surface area contributed by atoms with E-state index in [1.54, 1.807) is 12.1 Å². The highest BCUT2D eigenvalue weighted by atomic mass is 19.4. The molecule has 2 aromatic carbocycles. The predicted octanol–water partition coefficient (Wildman–Crippen LogP) is 3.99. The van der Waals surface area contributed by atoms with Crippen LogP contribution in [0.25, 0.3) is 11.1 Å². The average Bonchev–Trinajstić information content (AvgIpc) is 2.38. The van der Waals surface area contributed by atoms with E-state index in [0.717, 1.165) is 12.1 Å². The summed E-state index contributed by atoms with van der Waals surface area (Å²) in [6.07, 6.45) is -3.79. The zero-order valence-corrected chi connectivity index (χ0v) is 9.16. The standard InChI is InChI=1S/C14H8F3O/c15-14(16,17)12-6-3-5-10(8-12)13-7-2-1-4-11(13)9-18/h2-9H. The van der Waals surface area contributed by atoms with Crippen molar-refractivity contribution < 1.29 is 18.0 Å². The third kappa shape index (κ3) is 2.42. The molecule has 0 saturated carbocycles. The highest BCUT2D eigenvalue weighted by Gasteiger charge is 2.30. The van der Waals surface area contributed by atoms with Crippen LogP contribution in [0, 0.1) is 6.07 Å². The van der Waals surface area contributed by atoms with E-state index in [-0.39, 0.29) is 0 Å². The quantitative estimate of drug-likeness (QED) is 0.735. The fourth-order valence-corrected chi connectivity index (χ4v) is 1.67. The van der Waals surface area contributed by atoms with Gasteiger partial charge in [0.2, 0.25) is 0 Å². The zero-order valence-electron chi connectivity index (χ0n) is 9.16. The number of alkyl halides is 3. The van der Waals surface area contributed by atoms with Crippen molar-refractivity contribution in [3.63, 3.8) is 0 Å². The third-order valence-corrected chi connectivity index (χ3v) is 2.52. The summed E-state index contributed by atoms with van der Waals surface area (Å²) < 4.78 is 37.8. The highest BCUT2D eigenvalue weighted by molar-refractivity contribution is 5.87. The van der Waals surface area contributed by atoms with E-state index >= 15 is 0 Å². The first-order valence-electron chi connectivity index (χ1n) is 5.15. The first-order valence-corrected chi connectivity index (χ1v) is 5.15. The highest BCUT2D eigenvalue weighted by Crippen LogP contribution is 2.32. The van der Waals surface area contributed by atoms with Crippen LogP contribution in [0.2, 0.25) is 0 Å². The lowest BCUT2D eigenvalue weighted by molar-refractivity contribution is -0.137. The van der Waals surface area contributed by atoms with Crippen molar-refractivity contribution in [2.45, 2.75) is 6.18 Å². The number of hydrogen-bond acceptors (Lipinski definition) is 1. The van der Waals surface area contributed by atoms with E-state index in [1.165, 1.54) is 18.2 Å². The molecule has 0 spiro atoms. The Labute approximate surface area is 102 Å². The molecular weight excluding hydrogens is 241 g/mol. The smallest absolute Gasteiger partial charge is 0.298 e. The van der Waals surface area contributed by atoms with Gasteiger partial charge in [0, 0.05) is 5.56 Å². The topological polar surface area (TPSA) is 17.1 Å². The fraction of sp³-hybridized carbons (Fsp3) is 0.0714. The minimum atomic E-state index is -4.39. The number of aldehydes is 1. The molecule has 0 aliphatic carbocycles. The van der Waals surface area contributed by atoms with Gasteiger partial charge in [0.25, 0.3) is 0 Å². The summed E-state index contributed by atoms with van der Waals surface area (Å²) in [6, 6.07) is 12.2. The van der Waals surface area contributed by atoms with Crippen LogP contribution in [0.5, 0.6) is 0 Å². The Morgan fingerprint density at radius 3 is 2.61 bits per heavy atom. The van der Waals surface area contributed by atoms with Crippen LogP contribution in [0.15, 0.2) is 42.5 Å². The summed E-state index contributed by atoms with van der Waals surface area (Å²) in [6.45, 7) is 0. The minimum absolute atomic E-state index is 0.317. The van der Waals surface area contributed by atoms with E-state index in [1.807, 2.05) is 0 Å². The summed E-state index contributed by atoms with van der Waals surface area (Å²) in [7, 11) is 0. The molecule has 0 bridgehead atoms. The molecule has 0 fully saturated rings. The van der Waals surface area contributed by atoms with Gasteiger partial charge in [-0.3, -0.25) is 4.79 Å². The van der Waals surface area contributed by atoms with Gasteiger partial charge < -0.3 is 0 Å². The van der Waals surface area contributed by atoms with E-state index in [9.17, 15) is 18.0 Å². The van der Waals surface area contributed by atoms with Gasteiger partial charge in [0.1, 0.15) is 0 Å². The Balaban J connectivity index is 2.55. The molecule has 91 valence electrons. The zero-order chi connectivity index (χ0) is 13.2. The second-order valence-electron chi connectivity index (χ2n) is 3.71. The van der Waals surface area contributed by atoms with Crippen LogP contribution in [0.3, 0.4) is 0 Å². The Kier molecular flexibility index (Phi) is 3.19. The first-order chi connectivity index (χ1) is 8.52. The Morgan fingerprint density at radius 1 is 1.17 bits per heavy atom. The third-order valence-electron chi connectivity index (χ3n) is 2.52. The Bertz CT molecular complexity index is 573. The van der Waals surface area contributed by atoms with Crippen molar-refractivity contribution in [3.05, 3.63) is 59.7 Å². The monoisotopic (exact) mass is 249 g/mol. The van der Waals surface area contributed by atoms with Gasteiger partial charge in [-0.2, -0.15) is 13.2 Å². The number of halogens is 3. The van der Waals surface area contributed by atoms with Crippen molar-refractivity contribution >= 4 is 6.29 Å². The van der Waals surface area contributed by atoms with Crippen molar-refractivity contribution in [3.8, 4) is 11.1 Å². The van der Waals surface area contributed by atoms with Crippen LogP contribution in [-0.2, 0) is 6.18 Å². The molecule has 0 aliphatic heterocycles. The van der Waals surface area contributed by atoms with Gasteiger partial charge >= 0.3 is 6.18 Å². The second kappa shape index (κ2) is 4.64. The van der Waals surface area contributed by atoms with E-state index < -0.39 is 11.7 Å². The van der Waals surface area contributed by atoms with Crippen LogP contribution in [0.4, 0.5) is 13.2 Å². The van der Waals surface area contributed by atoms with Crippen molar-refractivity contribution in [1.82, 2.24) is 0 Å². The predicted molar refractivity (Wildman–Crippen MR) is 61.1 cm³/mol. The molecule has 0 atom stereocenters. The summed E-state index contributed by atoms with van der Waals surface area (Å²) in [5.74, 6) is 0. The number of carbonyl (C=O) groups excluding carboxylic acids is 1. The maximum Gasteiger partial charge on any atom is 0.416 e. The largest absolute Gasteiger partial charge is 0.416 e. The van der Waals surface area contributed by atoms with Crippen LogP contribution in [-0.4, -0.2) is 6.29 Å². The lowest BCUT2D eigenvalue weighted by Crippen LogP contribution is -2.04. The molecule has 0 saturated heterocycles. The van der Waals surface area contributed by atoms with Crippen molar-refractivity contribution in [2.24, 2.45) is 0 Å². The lowest BCUT2D eigenvalue weighted by atomic mass is 9.99. The lowest BCUT2D eigenvalue weighted by Gasteiger charge is -2.09. The SMILES string of the molecule is O=Cc1c[c]ccc1-c1cccc(C(F)(F)F)c1. The average molecular weight is 249 g/mol. The second-order valence-corrected chi connectivity index (χ2v) is 3.71. The van der Waals surface area contributed by atoms with Gasteiger partial charge in [-0.15, -0.1) is 0 Å². The number of benzene rings is 2. The van der Waals surface area contributed by atoms with Crippen LogP contribution >= 0.6 is 0 Å². The van der Waals surface area contributed by atoms with Crippen LogP contribution in [0.1, 0.15) is 15.9 Å². The molecule has 0 aliphatic rings. The van der Waals surface area contributed by atoms with Gasteiger partial charge in [0.05, 0.1) is 5.56 Å². The summed E-state index contributed by atoms with van der Waals surface area (Å²) >= 11 is 0. The summed E-state index contributed by atoms with van der Waals surface area (Å²) in [4.78, 5) is 10.8. The van der Waals surface area contributed by atoms with Crippen LogP contribution < -0.4 is 0 Å². The van der Waals surface area contributed by atoms with Gasteiger partial charge in [-0.05, 0) is 35.4 Å². The molecule has 2 aromatic rings. The Hall–Kier alpha value is -2.10. The molecule has 4 heteroatoms. The number of rotatable bonds is 2. The van der Waals surface area contributed by atoms with Gasteiger partial charge in [-0.1, -0.05) is 24.3 Å². The molecule has 1 nitrogen and oxygen atoms in total. The summed E-state index contributed by atoms with van der Waals surface area (Å²) in [5, 5.41) is 0. The molecule has 1 radical (unpaired) electrons. The van der Waals surface area contributed by atoms with Crippen molar-refractivity contribution in [2.75, 3.05) is 0 Å². The normalized spacial score (nSPS) is 11.3. The number of carbonyl (C=O) groups is 1. The van der Waals surface area contributed by atoms with Gasteiger partial charge in [-0.25, -0.2) is 0 Å². The maximum absolute atomic E-state index is 12.6. The molecule has 0 heterocycles. The Morgan fingerprint density at radius 2 is 1.94 bits per heavy atom. The molecule has 2 rings (SSSR count). The fourth-order valence-electron chi connectivity index (χ4n) is 1.67. The summed E-state index contributed by atoms with van der Waals surface area (Å²) in [5.41, 5.74) is 0.414. The molecule has 0 amide bonds.